The number of fused-ring (bicyclic) bond motifs is 2. The maximum Gasteiger partial charge on any atom is 0.267 e. The first-order chi connectivity index (χ1) is 19.3. The summed E-state index contributed by atoms with van der Waals surface area (Å²) in [6.07, 6.45) is 4.22. The molecule has 6 rings (SSSR count). The fraction of sp³-hybridized carbons (Fsp3) is 0.379. The van der Waals surface area contributed by atoms with E-state index >= 15 is 0 Å². The van der Waals surface area contributed by atoms with Crippen LogP contribution in [0.25, 0.3) is 11.7 Å². The van der Waals surface area contributed by atoms with E-state index in [1.165, 1.54) is 17.3 Å². The van der Waals surface area contributed by atoms with E-state index in [1.54, 1.807) is 21.6 Å². The summed E-state index contributed by atoms with van der Waals surface area (Å²) in [5, 5.41) is 0. The van der Waals surface area contributed by atoms with Gasteiger partial charge in [0.05, 0.1) is 10.5 Å². The van der Waals surface area contributed by atoms with Crippen LogP contribution < -0.4 is 19.9 Å². The molecule has 1 amide bonds. The lowest BCUT2D eigenvalue weighted by Gasteiger charge is -2.36. The topological polar surface area (TPSA) is 79.6 Å². The number of thiocarbonyl (C=S) groups is 1. The predicted octanol–water partition coefficient (Wildman–Crippen LogP) is 4.05. The molecular formula is C29H31N5O4S2. The fourth-order valence-corrected chi connectivity index (χ4v) is 6.70. The predicted molar refractivity (Wildman–Crippen MR) is 161 cm³/mol. The largest absolute Gasteiger partial charge is 0.454 e. The van der Waals surface area contributed by atoms with Gasteiger partial charge in [-0.15, -0.1) is 0 Å². The number of carbonyl (C=O) groups is 1. The van der Waals surface area contributed by atoms with Crippen LogP contribution >= 0.6 is 24.0 Å². The number of benzene rings is 1. The Morgan fingerprint density at radius 1 is 1.12 bits per heavy atom. The molecule has 2 aromatic heterocycles. The number of aromatic nitrogens is 2. The molecule has 9 nitrogen and oxygen atoms in total. The maximum absolute atomic E-state index is 13.8. The first-order valence-electron chi connectivity index (χ1n) is 13.5. The molecule has 0 unspecified atom stereocenters. The van der Waals surface area contributed by atoms with E-state index < -0.39 is 0 Å². The minimum absolute atomic E-state index is 0.00539. The Hall–Kier alpha value is -3.41. The van der Waals surface area contributed by atoms with Gasteiger partial charge in [-0.3, -0.25) is 23.8 Å². The first-order valence-corrected chi connectivity index (χ1v) is 14.7. The number of ether oxygens (including phenoxy) is 2. The first kappa shape index (κ1) is 26.8. The van der Waals surface area contributed by atoms with Gasteiger partial charge < -0.3 is 14.4 Å². The molecule has 11 heteroatoms. The molecule has 0 aliphatic carbocycles. The highest BCUT2D eigenvalue weighted by Crippen LogP contribution is 2.36. The number of hydrogen-bond donors (Lipinski definition) is 0. The summed E-state index contributed by atoms with van der Waals surface area (Å²) in [6.45, 7) is 10.0. The number of amides is 1. The Labute approximate surface area is 242 Å². The average molecular weight is 578 g/mol. The van der Waals surface area contributed by atoms with Gasteiger partial charge in [-0.25, -0.2) is 4.98 Å². The lowest BCUT2D eigenvalue weighted by Crippen LogP contribution is -2.47. The van der Waals surface area contributed by atoms with E-state index in [-0.39, 0.29) is 24.3 Å². The van der Waals surface area contributed by atoms with Crippen molar-refractivity contribution < 1.29 is 14.3 Å². The summed E-state index contributed by atoms with van der Waals surface area (Å²) < 4.78 is 13.1. The monoisotopic (exact) mass is 577 g/mol. The minimum Gasteiger partial charge on any atom is -0.454 e. The molecule has 0 radical (unpaired) electrons. The second-order valence-corrected chi connectivity index (χ2v) is 12.0. The van der Waals surface area contributed by atoms with Crippen molar-refractivity contribution in [3.8, 4) is 11.5 Å². The molecule has 0 N–H and O–H groups in total. The summed E-state index contributed by atoms with van der Waals surface area (Å²) in [6, 6.07) is 9.85. The highest BCUT2D eigenvalue weighted by molar-refractivity contribution is 8.26. The Balaban J connectivity index is 1.30. The van der Waals surface area contributed by atoms with Gasteiger partial charge >= 0.3 is 0 Å². The molecule has 208 valence electrons. The summed E-state index contributed by atoms with van der Waals surface area (Å²) in [5.74, 6) is 2.02. The zero-order valence-corrected chi connectivity index (χ0v) is 24.4. The molecule has 1 aromatic carbocycles. The second-order valence-electron chi connectivity index (χ2n) is 10.3. The maximum atomic E-state index is 13.8. The second kappa shape index (κ2) is 10.9. The SMILES string of the molecule is CC[C@@H](C)N1C(=O)/C(=C/c2c(N3CCN(Cc4ccc5c(c4)OCO5)CC3)nc3c(C)cccn3c2=O)SC1=S. The van der Waals surface area contributed by atoms with E-state index in [1.807, 2.05) is 45.0 Å². The summed E-state index contributed by atoms with van der Waals surface area (Å²) >= 11 is 6.78. The van der Waals surface area contributed by atoms with Crippen molar-refractivity contribution in [1.29, 1.82) is 0 Å². The fourth-order valence-electron chi connectivity index (χ4n) is 5.26. The molecule has 2 fully saturated rings. The normalized spacial score (nSPS) is 19.3. The molecule has 3 aromatic rings. The summed E-state index contributed by atoms with van der Waals surface area (Å²) in [7, 11) is 0. The van der Waals surface area contributed by atoms with Crippen molar-refractivity contribution in [3.05, 3.63) is 68.5 Å². The van der Waals surface area contributed by atoms with Crippen LogP contribution in [-0.4, -0.2) is 68.4 Å². The molecule has 5 heterocycles. The van der Waals surface area contributed by atoms with Crippen LogP contribution in [0, 0.1) is 6.92 Å². The van der Waals surface area contributed by atoms with Gasteiger partial charge in [-0.2, -0.15) is 0 Å². The number of carbonyl (C=O) groups excluding carboxylic acids is 1. The average Bonchev–Trinajstić information content (AvgIpc) is 3.53. The van der Waals surface area contributed by atoms with Crippen LogP contribution in [0.2, 0.25) is 0 Å². The molecule has 40 heavy (non-hydrogen) atoms. The number of aryl methyl sites for hydroxylation is 1. The third kappa shape index (κ3) is 4.86. The van der Waals surface area contributed by atoms with Gasteiger partial charge in [0.15, 0.2) is 11.5 Å². The van der Waals surface area contributed by atoms with Crippen LogP contribution in [0.4, 0.5) is 5.82 Å². The lowest BCUT2D eigenvalue weighted by molar-refractivity contribution is -0.123. The van der Waals surface area contributed by atoms with Crippen molar-refractivity contribution in [1.82, 2.24) is 19.2 Å². The van der Waals surface area contributed by atoms with Crippen molar-refractivity contribution in [2.45, 2.75) is 39.8 Å². The van der Waals surface area contributed by atoms with Crippen molar-refractivity contribution in [2.24, 2.45) is 0 Å². The molecule has 3 aliphatic heterocycles. The standard InChI is InChI=1S/C29H31N5O4S2/c1-4-19(3)34-28(36)24(40-29(34)39)15-21-26(30-25-18(2)6-5-9-33(25)27(21)35)32-12-10-31(11-13-32)16-20-7-8-22-23(14-20)38-17-37-22/h5-9,14-15,19H,4,10-13,16-17H2,1-3H3/b24-15-/t19-/m1/s1. The van der Waals surface area contributed by atoms with Crippen molar-refractivity contribution >= 4 is 51.7 Å². The van der Waals surface area contributed by atoms with Gasteiger partial charge in [0.25, 0.3) is 11.5 Å². The Bertz CT molecular complexity index is 1600. The quantitative estimate of drug-likeness (QED) is 0.318. The molecule has 3 aliphatic rings. The molecule has 1 atom stereocenters. The third-order valence-electron chi connectivity index (χ3n) is 7.71. The van der Waals surface area contributed by atoms with Gasteiger partial charge in [0.1, 0.15) is 15.8 Å². The number of nitrogens with zero attached hydrogens (tertiary/aromatic N) is 5. The smallest absolute Gasteiger partial charge is 0.267 e. The minimum atomic E-state index is -0.194. The number of rotatable bonds is 6. The number of hydrogen-bond acceptors (Lipinski definition) is 9. The number of anilines is 1. The highest BCUT2D eigenvalue weighted by atomic mass is 32.2. The van der Waals surface area contributed by atoms with E-state index in [0.29, 0.717) is 39.3 Å². The highest BCUT2D eigenvalue weighted by Gasteiger charge is 2.35. The molecule has 0 bridgehead atoms. The van der Waals surface area contributed by atoms with Gasteiger partial charge in [-0.05, 0) is 55.7 Å². The summed E-state index contributed by atoms with van der Waals surface area (Å²) in [5.41, 5.74) is 2.92. The van der Waals surface area contributed by atoms with Crippen molar-refractivity contribution in [2.75, 3.05) is 37.9 Å². The van der Waals surface area contributed by atoms with Crippen LogP contribution in [0.15, 0.2) is 46.2 Å². The third-order valence-corrected chi connectivity index (χ3v) is 9.04. The lowest BCUT2D eigenvalue weighted by atomic mass is 10.1. The number of pyridine rings is 1. The Kier molecular flexibility index (Phi) is 7.28. The van der Waals surface area contributed by atoms with Crippen LogP contribution in [0.3, 0.4) is 0 Å². The molecule has 2 saturated heterocycles. The zero-order chi connectivity index (χ0) is 28.0. The van der Waals surface area contributed by atoms with Gasteiger partial charge in [-0.1, -0.05) is 43.0 Å². The summed E-state index contributed by atoms with van der Waals surface area (Å²) in [4.78, 5) is 38.8. The Morgan fingerprint density at radius 3 is 2.67 bits per heavy atom. The van der Waals surface area contributed by atoms with Crippen molar-refractivity contribution in [3.63, 3.8) is 0 Å². The Morgan fingerprint density at radius 2 is 1.90 bits per heavy atom. The van der Waals surface area contributed by atoms with Crippen LogP contribution in [0.5, 0.6) is 11.5 Å². The van der Waals surface area contributed by atoms with Crippen LogP contribution in [0.1, 0.15) is 37.0 Å². The van der Waals surface area contributed by atoms with E-state index in [4.69, 9.17) is 26.7 Å². The van der Waals surface area contributed by atoms with E-state index in [2.05, 4.69) is 15.9 Å². The number of piperazine rings is 1. The van der Waals surface area contributed by atoms with Gasteiger partial charge in [0, 0.05) is 45.0 Å². The molecule has 0 spiro atoms. The van der Waals surface area contributed by atoms with Gasteiger partial charge in [0.2, 0.25) is 6.79 Å². The number of thioether (sulfide) groups is 1. The van der Waals surface area contributed by atoms with Crippen LogP contribution in [-0.2, 0) is 11.3 Å². The zero-order valence-electron chi connectivity index (χ0n) is 22.8. The molecular weight excluding hydrogens is 546 g/mol. The van der Waals surface area contributed by atoms with E-state index in [0.717, 1.165) is 43.1 Å². The van der Waals surface area contributed by atoms with E-state index in [9.17, 15) is 9.59 Å². The molecule has 0 saturated carbocycles.